The molecule has 4 saturated carbocycles. The van der Waals surface area contributed by atoms with Crippen molar-refractivity contribution in [3.8, 4) is 12.3 Å². The van der Waals surface area contributed by atoms with Crippen LogP contribution in [0.15, 0.2) is 60.7 Å². The largest absolute Gasteiger partial charge is 0.317 e. The van der Waals surface area contributed by atoms with Crippen LogP contribution in [0.4, 0.5) is 0 Å². The molecular formula is C26H24BrN5O4. The van der Waals surface area contributed by atoms with Crippen molar-refractivity contribution in [1.82, 2.24) is 23.3 Å². The van der Waals surface area contributed by atoms with Gasteiger partial charge in [0.05, 0.1) is 24.3 Å². The van der Waals surface area contributed by atoms with Crippen LogP contribution in [0.3, 0.4) is 0 Å². The molecule has 4 fully saturated rings. The third-order valence-electron chi connectivity index (χ3n) is 8.30. The quantitative estimate of drug-likeness (QED) is 0.343. The standard InChI is InChI=1S/C26H24BrN5O4/c1-3-4-29-5-7-31(23(35)21(29)33)25(2)13-19(25)18-9-17(28-14-20(18)27)15-30-6-8-32(24(36)22(30)34)26-10-16(11-26)12-26/h1,5-9,14,16,19H,4,10-13,15H2,2H3. The SMILES string of the molecule is C#CCn1ccn(C2(C)CC2c2cc(Cn3ccn(C45CC(C4)C5)c(=O)c3=O)ncc2Br)c(=O)c1=O. The van der Waals surface area contributed by atoms with Gasteiger partial charge < -0.3 is 13.7 Å². The van der Waals surface area contributed by atoms with Crippen molar-refractivity contribution in [3.63, 3.8) is 0 Å². The predicted octanol–water partition coefficient (Wildman–Crippen LogP) is 1.58. The lowest BCUT2D eigenvalue weighted by molar-refractivity contribution is -0.0919. The van der Waals surface area contributed by atoms with E-state index in [1.807, 2.05) is 13.0 Å². The molecule has 0 N–H and O–H groups in total. The smallest absolute Gasteiger partial charge is 0.303 e. The molecule has 9 nitrogen and oxygen atoms in total. The van der Waals surface area contributed by atoms with Crippen molar-refractivity contribution in [3.05, 3.63) is 94.2 Å². The number of halogens is 1. The topological polar surface area (TPSA) is 101 Å². The Bertz CT molecular complexity index is 1690. The van der Waals surface area contributed by atoms with Crippen LogP contribution in [0.1, 0.15) is 49.8 Å². The van der Waals surface area contributed by atoms with E-state index in [0.717, 1.165) is 29.3 Å². The Labute approximate surface area is 214 Å². The Morgan fingerprint density at radius 3 is 2.28 bits per heavy atom. The normalized spacial score (nSPS) is 27.6. The van der Waals surface area contributed by atoms with E-state index in [-0.39, 0.29) is 24.5 Å². The fraction of sp³-hybridized carbons (Fsp3) is 0.423. The molecule has 0 aromatic carbocycles. The number of terminal acetylenes is 1. The van der Waals surface area contributed by atoms with E-state index >= 15 is 0 Å². The minimum atomic E-state index is -0.648. The van der Waals surface area contributed by atoms with Gasteiger partial charge in [-0.1, -0.05) is 5.92 Å². The van der Waals surface area contributed by atoms with E-state index in [4.69, 9.17) is 6.42 Å². The second kappa shape index (κ2) is 7.77. The third kappa shape index (κ3) is 3.25. The summed E-state index contributed by atoms with van der Waals surface area (Å²) < 4.78 is 6.50. The molecule has 4 aliphatic carbocycles. The van der Waals surface area contributed by atoms with Gasteiger partial charge >= 0.3 is 22.2 Å². The molecule has 7 rings (SSSR count). The van der Waals surface area contributed by atoms with Crippen LogP contribution in [0.2, 0.25) is 0 Å². The molecular weight excluding hydrogens is 526 g/mol. The van der Waals surface area contributed by atoms with E-state index in [9.17, 15) is 19.2 Å². The summed E-state index contributed by atoms with van der Waals surface area (Å²) in [6.45, 7) is 2.14. The molecule has 3 aromatic rings. The van der Waals surface area contributed by atoms with Crippen LogP contribution in [0.5, 0.6) is 0 Å². The summed E-state index contributed by atoms with van der Waals surface area (Å²) in [6, 6.07) is 1.89. The maximum Gasteiger partial charge on any atom is 0.317 e. The monoisotopic (exact) mass is 549 g/mol. The van der Waals surface area contributed by atoms with Crippen LogP contribution in [0, 0.1) is 18.3 Å². The molecule has 36 heavy (non-hydrogen) atoms. The Morgan fingerprint density at radius 2 is 1.61 bits per heavy atom. The highest BCUT2D eigenvalue weighted by molar-refractivity contribution is 9.10. The number of rotatable bonds is 6. The molecule has 0 amide bonds. The van der Waals surface area contributed by atoms with Crippen molar-refractivity contribution >= 4 is 15.9 Å². The van der Waals surface area contributed by atoms with Gasteiger partial charge in [0, 0.05) is 46.9 Å². The summed E-state index contributed by atoms with van der Waals surface area (Å²) >= 11 is 3.56. The van der Waals surface area contributed by atoms with E-state index in [1.54, 1.807) is 35.6 Å². The fourth-order valence-corrected chi connectivity index (χ4v) is 6.45. The maximum absolute atomic E-state index is 12.8. The van der Waals surface area contributed by atoms with Gasteiger partial charge in [0.2, 0.25) is 0 Å². The lowest BCUT2D eigenvalue weighted by Crippen LogP contribution is -2.64. The first-order chi connectivity index (χ1) is 17.2. The van der Waals surface area contributed by atoms with Crippen LogP contribution >= 0.6 is 15.9 Å². The number of nitrogens with zero attached hydrogens (tertiary/aromatic N) is 5. The van der Waals surface area contributed by atoms with Gasteiger partial charge in [-0.3, -0.25) is 28.7 Å². The molecule has 0 saturated heterocycles. The summed E-state index contributed by atoms with van der Waals surface area (Å²) in [5.41, 5.74) is -1.46. The van der Waals surface area contributed by atoms with Gasteiger partial charge in [0.1, 0.15) is 0 Å². The molecule has 3 heterocycles. The summed E-state index contributed by atoms with van der Waals surface area (Å²) in [6.07, 6.45) is 17.1. The number of hydrogen-bond donors (Lipinski definition) is 0. The highest BCUT2D eigenvalue weighted by Crippen LogP contribution is 2.61. The van der Waals surface area contributed by atoms with Crippen molar-refractivity contribution < 1.29 is 0 Å². The van der Waals surface area contributed by atoms with Crippen molar-refractivity contribution in [2.45, 2.75) is 62.7 Å². The maximum atomic E-state index is 12.8. The average molecular weight is 550 g/mol. The van der Waals surface area contributed by atoms with Crippen LogP contribution < -0.4 is 22.2 Å². The van der Waals surface area contributed by atoms with Gasteiger partial charge in [-0.15, -0.1) is 6.42 Å². The minimum Gasteiger partial charge on any atom is -0.303 e. The molecule has 2 unspecified atom stereocenters. The molecule has 2 bridgehead atoms. The van der Waals surface area contributed by atoms with Gasteiger partial charge in [0.15, 0.2) is 0 Å². The third-order valence-corrected chi connectivity index (χ3v) is 8.97. The Morgan fingerprint density at radius 1 is 0.972 bits per heavy atom. The van der Waals surface area contributed by atoms with E-state index in [1.165, 1.54) is 13.7 Å². The van der Waals surface area contributed by atoms with Crippen molar-refractivity contribution in [2.75, 3.05) is 0 Å². The molecule has 4 aliphatic rings. The zero-order valence-electron chi connectivity index (χ0n) is 19.7. The predicted molar refractivity (Wildman–Crippen MR) is 136 cm³/mol. The van der Waals surface area contributed by atoms with Gasteiger partial charge in [-0.05, 0) is 66.1 Å². The number of aromatic nitrogens is 5. The van der Waals surface area contributed by atoms with Crippen LogP contribution in [0.25, 0.3) is 0 Å². The minimum absolute atomic E-state index is 0.0387. The van der Waals surface area contributed by atoms with Crippen LogP contribution in [-0.2, 0) is 24.2 Å². The van der Waals surface area contributed by atoms with Gasteiger partial charge in [-0.2, -0.15) is 0 Å². The lowest BCUT2D eigenvalue weighted by Gasteiger charge is -2.62. The summed E-state index contributed by atoms with van der Waals surface area (Å²) in [4.78, 5) is 55.3. The summed E-state index contributed by atoms with van der Waals surface area (Å²) in [5.74, 6) is 3.04. The van der Waals surface area contributed by atoms with E-state index in [2.05, 4.69) is 26.8 Å². The second-order valence-electron chi connectivity index (χ2n) is 10.5. The molecule has 184 valence electrons. The Kier molecular flexibility index (Phi) is 4.96. The molecule has 10 heteroatoms. The molecule has 2 atom stereocenters. The second-order valence-corrected chi connectivity index (χ2v) is 11.4. The van der Waals surface area contributed by atoms with Gasteiger partial charge in [-0.25, -0.2) is 0 Å². The van der Waals surface area contributed by atoms with E-state index < -0.39 is 27.8 Å². The summed E-state index contributed by atoms with van der Waals surface area (Å²) in [7, 11) is 0. The highest BCUT2D eigenvalue weighted by atomic mass is 79.9. The average Bonchev–Trinajstić information content (AvgIpc) is 3.47. The number of hydrogen-bond acceptors (Lipinski definition) is 5. The lowest BCUT2D eigenvalue weighted by atomic mass is 9.49. The highest BCUT2D eigenvalue weighted by Gasteiger charge is 2.58. The Balaban J connectivity index is 1.28. The fourth-order valence-electron chi connectivity index (χ4n) is 5.96. The zero-order valence-corrected chi connectivity index (χ0v) is 21.3. The molecule has 3 aromatic heterocycles. The first-order valence-electron chi connectivity index (χ1n) is 11.9. The molecule has 0 radical (unpaired) electrons. The first kappa shape index (κ1) is 23.0. The van der Waals surface area contributed by atoms with Crippen molar-refractivity contribution in [2.24, 2.45) is 5.92 Å². The Hall–Kier alpha value is -3.45. The molecule has 0 spiro atoms. The number of pyridine rings is 1. The zero-order chi connectivity index (χ0) is 25.4. The van der Waals surface area contributed by atoms with Crippen molar-refractivity contribution in [1.29, 1.82) is 0 Å². The van der Waals surface area contributed by atoms with Gasteiger partial charge in [0.25, 0.3) is 0 Å². The summed E-state index contributed by atoms with van der Waals surface area (Å²) in [5, 5.41) is 0. The first-order valence-corrected chi connectivity index (χ1v) is 12.7. The van der Waals surface area contributed by atoms with Crippen LogP contribution in [-0.4, -0.2) is 23.3 Å². The molecule has 0 aliphatic heterocycles. The van der Waals surface area contributed by atoms with E-state index in [0.29, 0.717) is 18.0 Å².